The second-order valence-electron chi connectivity index (χ2n) is 5.89. The van der Waals surface area contributed by atoms with Crippen LogP contribution < -0.4 is 5.73 Å². The van der Waals surface area contributed by atoms with E-state index in [1.54, 1.807) is 37.3 Å². The molecule has 5 nitrogen and oxygen atoms in total. The summed E-state index contributed by atoms with van der Waals surface area (Å²) in [6, 6.07) is 11.6. The number of phenolic OH excluding ortho intramolecular Hbond substituents is 1. The summed E-state index contributed by atoms with van der Waals surface area (Å²) in [6.45, 7) is 4.65. The third kappa shape index (κ3) is 6.04. The molecule has 0 atom stereocenters. The number of aromatic hydroxyl groups is 1. The summed E-state index contributed by atoms with van der Waals surface area (Å²) in [5.74, 6) is 0.722. The molecule has 1 heterocycles. The predicted molar refractivity (Wildman–Crippen MR) is 103 cm³/mol. The van der Waals surface area contributed by atoms with Gasteiger partial charge in [0.15, 0.2) is 5.78 Å². The molecular weight excluding hydrogens is 470 g/mol. The van der Waals surface area contributed by atoms with Gasteiger partial charge in [-0.3, -0.25) is 4.79 Å². The van der Waals surface area contributed by atoms with Crippen LogP contribution in [0.3, 0.4) is 0 Å². The number of carbonyl (C=O) groups excluding carboxylic acids is 1. The first-order valence-corrected chi connectivity index (χ1v) is 8.58. The second kappa shape index (κ2) is 11.4. The van der Waals surface area contributed by atoms with Crippen LogP contribution in [0.2, 0.25) is 0 Å². The van der Waals surface area contributed by atoms with E-state index in [1.165, 1.54) is 12.1 Å². The maximum atomic E-state index is 12.9. The molecule has 6 heteroatoms. The van der Waals surface area contributed by atoms with E-state index in [2.05, 4.69) is 6.92 Å². The minimum atomic E-state index is -0.111. The fourth-order valence-corrected chi connectivity index (χ4v) is 2.69. The number of rotatable bonds is 5. The van der Waals surface area contributed by atoms with Gasteiger partial charge in [0.25, 0.3) is 0 Å². The number of nitrogen functional groups attached to an aromatic ring is 1. The number of furan rings is 1. The summed E-state index contributed by atoms with van der Waals surface area (Å²) in [6.07, 6.45) is 2.68. The quantitative estimate of drug-likeness (QED) is 0.268. The van der Waals surface area contributed by atoms with Gasteiger partial charge in [-0.05, 0) is 48.9 Å². The van der Waals surface area contributed by atoms with Crippen LogP contribution in [0, 0.1) is 48.4 Å². The number of hydrogen-bond donors (Lipinski definition) is 3. The van der Waals surface area contributed by atoms with E-state index >= 15 is 0 Å². The molecule has 3 aromatic rings. The van der Waals surface area contributed by atoms with E-state index < -0.39 is 0 Å². The number of nitrogens with two attached hydrogens (primary N) is 1. The molecule has 0 aliphatic carbocycles. The topological polar surface area (TPSA) is 96.7 Å². The molecule has 4 N–H and O–H groups in total. The zero-order valence-corrected chi connectivity index (χ0v) is 18.7. The Hall–Kier alpha value is -1.41. The van der Waals surface area contributed by atoms with Gasteiger partial charge in [0.2, 0.25) is 0 Å². The Morgan fingerprint density at radius 3 is 2.41 bits per heavy atom. The van der Waals surface area contributed by atoms with E-state index in [4.69, 9.17) is 15.3 Å². The van der Waals surface area contributed by atoms with Gasteiger partial charge in [0.1, 0.15) is 17.1 Å². The summed E-state index contributed by atoms with van der Waals surface area (Å²) in [5, 5.41) is 17.6. The second-order valence-corrected chi connectivity index (χ2v) is 5.89. The monoisotopic (exact) mass is 494 g/mol. The summed E-state index contributed by atoms with van der Waals surface area (Å²) >= 11 is 0. The average Bonchev–Trinajstić information content (AvgIpc) is 2.98. The van der Waals surface area contributed by atoms with Crippen molar-refractivity contribution >= 4 is 22.4 Å². The molecule has 2 aromatic carbocycles. The molecular formula is C21H24CeNO4-. The van der Waals surface area contributed by atoms with Gasteiger partial charge >= 0.3 is 0 Å². The van der Waals surface area contributed by atoms with Gasteiger partial charge in [-0.25, -0.2) is 6.61 Å². The van der Waals surface area contributed by atoms with Gasteiger partial charge in [0.05, 0.1) is 5.56 Å². The molecule has 0 radical (unpaired) electrons. The summed E-state index contributed by atoms with van der Waals surface area (Å²) in [7, 11) is 0. The van der Waals surface area contributed by atoms with E-state index in [-0.39, 0.29) is 53.3 Å². The van der Waals surface area contributed by atoms with Crippen LogP contribution in [0.4, 0.5) is 5.69 Å². The number of hydrogen-bond acceptors (Lipinski definition) is 5. The van der Waals surface area contributed by atoms with Crippen molar-refractivity contribution in [2.45, 2.75) is 33.1 Å². The number of aliphatic hydroxyl groups is 1. The molecule has 0 saturated heterocycles. The average molecular weight is 495 g/mol. The van der Waals surface area contributed by atoms with Crippen LogP contribution in [0.15, 0.2) is 46.9 Å². The molecule has 0 spiro atoms. The standard InChI is InChI=1S/C19H19NO3.C2H5O.Ce/c1-2-3-4-17-18(15-11-13(20)7-10-16(15)23-17)19(22)12-5-8-14(21)9-6-12;1-2-3;/h5-11,21H,2-4,20H2,1H3;2-3H,1H3;/q;-1;. The largest absolute Gasteiger partial charge is 0.566 e. The van der Waals surface area contributed by atoms with Crippen molar-refractivity contribution in [3.05, 3.63) is 66.0 Å². The zero-order chi connectivity index (χ0) is 19.1. The fourth-order valence-electron chi connectivity index (χ4n) is 2.69. The van der Waals surface area contributed by atoms with Crippen molar-refractivity contribution < 1.29 is 61.2 Å². The minimum Gasteiger partial charge on any atom is -0.566 e. The number of anilines is 1. The normalized spacial score (nSPS) is 10.0. The Morgan fingerprint density at radius 2 is 1.81 bits per heavy atom. The Balaban J connectivity index is 0.000000855. The van der Waals surface area contributed by atoms with Gasteiger partial charge in [-0.15, -0.1) is 0 Å². The molecule has 142 valence electrons. The molecule has 27 heavy (non-hydrogen) atoms. The number of aryl methyl sites for hydroxylation is 1. The first-order valence-electron chi connectivity index (χ1n) is 8.58. The van der Waals surface area contributed by atoms with E-state index in [1.807, 2.05) is 0 Å². The summed E-state index contributed by atoms with van der Waals surface area (Å²) in [4.78, 5) is 12.9. The molecule has 0 amide bonds. The van der Waals surface area contributed by atoms with E-state index in [9.17, 15) is 9.90 Å². The van der Waals surface area contributed by atoms with Gasteiger partial charge < -0.3 is 20.4 Å². The molecule has 3 rings (SSSR count). The zero-order valence-electron chi connectivity index (χ0n) is 15.5. The molecule has 0 fully saturated rings. The number of carbonyl (C=O) groups is 1. The Kier molecular flexibility index (Phi) is 10.0. The first-order chi connectivity index (χ1) is 12.5. The third-order valence-corrected chi connectivity index (χ3v) is 3.90. The van der Waals surface area contributed by atoms with E-state index in [0.717, 1.165) is 24.8 Å². The smallest absolute Gasteiger partial charge is 0.197 e. The van der Waals surface area contributed by atoms with Crippen LogP contribution in [-0.4, -0.2) is 16.0 Å². The molecule has 1 aromatic heterocycles. The number of phenols is 1. The molecule has 0 unspecified atom stereocenters. The Morgan fingerprint density at radius 1 is 1.19 bits per heavy atom. The minimum absolute atomic E-state index is 0. The van der Waals surface area contributed by atoms with Gasteiger partial charge in [-0.1, -0.05) is 13.3 Å². The maximum Gasteiger partial charge on any atom is 0.197 e. The van der Waals surface area contributed by atoms with Crippen LogP contribution in [0.25, 0.3) is 11.0 Å². The molecule has 0 saturated carbocycles. The van der Waals surface area contributed by atoms with Gasteiger partial charge in [0, 0.05) is 64.8 Å². The summed E-state index contributed by atoms with van der Waals surface area (Å²) in [5.41, 5.74) is 8.24. The van der Waals surface area contributed by atoms with Crippen LogP contribution in [0.5, 0.6) is 5.75 Å². The molecule has 0 bridgehead atoms. The Labute approximate surface area is 192 Å². The first kappa shape index (κ1) is 23.6. The molecule has 0 aliphatic heterocycles. The van der Waals surface area contributed by atoms with Crippen molar-refractivity contribution in [1.82, 2.24) is 0 Å². The third-order valence-electron chi connectivity index (χ3n) is 3.90. The predicted octanol–water partition coefficient (Wildman–Crippen LogP) is 4.83. The Bertz CT molecular complexity index is 872. The fraction of sp³-hybridized carbons (Fsp3) is 0.238. The molecule has 0 aliphatic rings. The van der Waals surface area contributed by atoms with Crippen molar-refractivity contribution in [1.29, 1.82) is 0 Å². The number of aliphatic hydroxyl groups excluding tert-OH is 1. The maximum absolute atomic E-state index is 12.9. The number of unbranched alkanes of at least 4 members (excludes halogenated alkanes) is 1. The van der Waals surface area contributed by atoms with Crippen LogP contribution in [-0.2, 0) is 6.42 Å². The van der Waals surface area contributed by atoms with Crippen LogP contribution >= 0.6 is 0 Å². The van der Waals surface area contributed by atoms with Crippen molar-refractivity contribution in [2.24, 2.45) is 0 Å². The van der Waals surface area contributed by atoms with Gasteiger partial charge in [-0.2, -0.15) is 6.92 Å². The number of benzene rings is 2. The van der Waals surface area contributed by atoms with Crippen molar-refractivity contribution in [3.8, 4) is 5.75 Å². The SMILES string of the molecule is CCCCc1oc2ccc(N)cc2c1C(=O)c1ccc(O)cc1.C[CH-]O.[Ce]. The number of fused-ring (bicyclic) bond motifs is 1. The van der Waals surface area contributed by atoms with E-state index in [0.29, 0.717) is 34.6 Å². The van der Waals surface area contributed by atoms with Crippen molar-refractivity contribution in [2.75, 3.05) is 5.73 Å². The van der Waals surface area contributed by atoms with Crippen molar-refractivity contribution in [3.63, 3.8) is 0 Å². The number of ketones is 1. The summed E-state index contributed by atoms with van der Waals surface area (Å²) < 4.78 is 5.90. The van der Waals surface area contributed by atoms with Crippen LogP contribution in [0.1, 0.15) is 48.4 Å².